The predicted octanol–water partition coefficient (Wildman–Crippen LogP) is 3.22. The fraction of sp³-hybridized carbons (Fsp3) is 0.625. The third kappa shape index (κ3) is 7.71. The Morgan fingerprint density at radius 2 is 1.79 bits per heavy atom. The van der Waals surface area contributed by atoms with Crippen LogP contribution in [0.25, 0.3) is 0 Å². The van der Waals surface area contributed by atoms with E-state index in [9.17, 15) is 0 Å². The van der Waals surface area contributed by atoms with E-state index >= 15 is 0 Å². The maximum absolute atomic E-state index is 5.55. The summed E-state index contributed by atoms with van der Waals surface area (Å²) in [4.78, 5) is 21.1. The van der Waals surface area contributed by atoms with Crippen LogP contribution in [-0.4, -0.2) is 91.8 Å². The number of hydrogen-bond acceptors (Lipinski definition) is 9. The summed E-state index contributed by atoms with van der Waals surface area (Å²) in [5.41, 5.74) is 1.98. The third-order valence-corrected chi connectivity index (χ3v) is 5.81. The van der Waals surface area contributed by atoms with Crippen LogP contribution in [0, 0.1) is 6.92 Å². The van der Waals surface area contributed by atoms with Gasteiger partial charge in [0.15, 0.2) is 0 Å². The second-order valence-electron chi connectivity index (χ2n) is 8.88. The fourth-order valence-electron chi connectivity index (χ4n) is 3.75. The number of hydrogen-bond donors (Lipinski definition) is 2. The van der Waals surface area contributed by atoms with E-state index in [4.69, 9.17) is 14.7 Å². The largest absolute Gasteiger partial charge is 0.495 e. The summed E-state index contributed by atoms with van der Waals surface area (Å²) in [6.07, 6.45) is 3.46. The minimum Gasteiger partial charge on any atom is -0.495 e. The Balaban J connectivity index is 1.75. The lowest BCUT2D eigenvalue weighted by atomic mass is 10.2. The van der Waals surface area contributed by atoms with Crippen LogP contribution >= 0.6 is 0 Å². The summed E-state index contributed by atoms with van der Waals surface area (Å²) < 4.78 is 5.55. The number of nitrogens with one attached hydrogen (secondary N) is 2. The number of piperazine rings is 1. The number of aryl methyl sites for hydroxylation is 1. The summed E-state index contributed by atoms with van der Waals surface area (Å²) in [6.45, 7) is 11.1. The molecule has 0 amide bonds. The molecule has 9 nitrogen and oxygen atoms in total. The number of likely N-dealkylation sites (N-methyl/N-ethyl adjacent to an activating group) is 1. The highest BCUT2D eigenvalue weighted by molar-refractivity contribution is 5.64. The Kier molecular flexibility index (Phi) is 9.50. The van der Waals surface area contributed by atoms with Crippen molar-refractivity contribution in [1.82, 2.24) is 24.8 Å². The van der Waals surface area contributed by atoms with Crippen LogP contribution in [0.3, 0.4) is 0 Å². The van der Waals surface area contributed by atoms with E-state index in [1.54, 1.807) is 7.11 Å². The van der Waals surface area contributed by atoms with Gasteiger partial charge in [-0.3, -0.25) is 4.90 Å². The topological polar surface area (TPSA) is 81.7 Å². The zero-order valence-corrected chi connectivity index (χ0v) is 20.9. The van der Waals surface area contributed by atoms with E-state index in [2.05, 4.69) is 51.3 Å². The van der Waals surface area contributed by atoms with Crippen molar-refractivity contribution in [2.75, 3.05) is 82.6 Å². The maximum atomic E-state index is 5.55. The molecule has 0 saturated carbocycles. The van der Waals surface area contributed by atoms with Crippen molar-refractivity contribution in [2.45, 2.75) is 33.1 Å². The minimum atomic E-state index is 0.523. The van der Waals surface area contributed by atoms with Gasteiger partial charge in [0.05, 0.1) is 12.8 Å². The molecule has 1 saturated heterocycles. The molecule has 182 valence electrons. The highest BCUT2D eigenvalue weighted by Gasteiger charge is 2.21. The van der Waals surface area contributed by atoms with Crippen molar-refractivity contribution in [1.29, 1.82) is 0 Å². The van der Waals surface area contributed by atoms with Crippen LogP contribution in [0.1, 0.15) is 31.7 Å². The quantitative estimate of drug-likeness (QED) is 0.468. The average Bonchev–Trinajstić information content (AvgIpc) is 2.82. The monoisotopic (exact) mass is 456 g/mol. The zero-order valence-electron chi connectivity index (χ0n) is 20.9. The molecule has 3 rings (SSSR count). The maximum Gasteiger partial charge on any atom is 0.233 e. The molecule has 1 aliphatic heterocycles. The molecular formula is C24H40N8O. The van der Waals surface area contributed by atoms with Crippen molar-refractivity contribution >= 4 is 23.5 Å². The van der Waals surface area contributed by atoms with Crippen LogP contribution in [-0.2, 0) is 0 Å². The molecule has 33 heavy (non-hydrogen) atoms. The van der Waals surface area contributed by atoms with Crippen molar-refractivity contribution < 1.29 is 4.74 Å². The number of aromatic nitrogens is 3. The molecule has 0 atom stereocenters. The van der Waals surface area contributed by atoms with Crippen molar-refractivity contribution in [3.05, 3.63) is 23.8 Å². The van der Waals surface area contributed by atoms with Crippen molar-refractivity contribution in [2.24, 2.45) is 0 Å². The first-order valence-electron chi connectivity index (χ1n) is 12.0. The standard InChI is InChI=1S/C24H40N8O/c1-6-7-8-11-25-22-27-23(26-20-10-9-19(2)18-21(20)33-5)29-24(28-22)32-16-14-31(15-17-32)13-12-30(3)4/h9-10,18H,6-8,11-17H2,1-5H3,(H2,25,26,27,28,29). The lowest BCUT2D eigenvalue weighted by Crippen LogP contribution is -2.48. The number of methoxy groups -OCH3 is 1. The summed E-state index contributed by atoms with van der Waals surface area (Å²) in [7, 11) is 5.91. The van der Waals surface area contributed by atoms with E-state index in [1.807, 2.05) is 25.1 Å². The molecule has 0 unspecified atom stereocenters. The van der Waals surface area contributed by atoms with Gasteiger partial charge < -0.3 is 25.2 Å². The first-order chi connectivity index (χ1) is 16.0. The molecule has 1 fully saturated rings. The first-order valence-corrected chi connectivity index (χ1v) is 12.0. The van der Waals surface area contributed by atoms with Crippen LogP contribution in [0.2, 0.25) is 0 Å². The number of anilines is 4. The van der Waals surface area contributed by atoms with Gasteiger partial charge in [-0.25, -0.2) is 0 Å². The second kappa shape index (κ2) is 12.6. The first kappa shape index (κ1) is 25.0. The molecule has 0 radical (unpaired) electrons. The molecule has 1 aromatic carbocycles. The van der Waals surface area contributed by atoms with Gasteiger partial charge in [-0.05, 0) is 45.1 Å². The molecule has 1 aromatic heterocycles. The molecule has 1 aliphatic rings. The lowest BCUT2D eigenvalue weighted by Gasteiger charge is -2.35. The molecule has 9 heteroatoms. The van der Waals surface area contributed by atoms with Gasteiger partial charge in [-0.2, -0.15) is 15.0 Å². The van der Waals surface area contributed by atoms with E-state index in [-0.39, 0.29) is 0 Å². The second-order valence-corrected chi connectivity index (χ2v) is 8.88. The van der Waals surface area contributed by atoms with Crippen molar-refractivity contribution in [3.63, 3.8) is 0 Å². The van der Waals surface area contributed by atoms with Crippen molar-refractivity contribution in [3.8, 4) is 5.75 Å². The normalized spacial score (nSPS) is 14.5. The van der Waals surface area contributed by atoms with E-state index in [0.29, 0.717) is 17.8 Å². The summed E-state index contributed by atoms with van der Waals surface area (Å²) >= 11 is 0. The average molecular weight is 457 g/mol. The molecule has 2 aromatic rings. The van der Waals surface area contributed by atoms with Crippen LogP contribution in [0.15, 0.2) is 18.2 Å². The van der Waals surface area contributed by atoms with E-state index < -0.39 is 0 Å². The highest BCUT2D eigenvalue weighted by Crippen LogP contribution is 2.28. The van der Waals surface area contributed by atoms with Crippen LogP contribution < -0.4 is 20.3 Å². The number of nitrogens with zero attached hydrogens (tertiary/aromatic N) is 6. The van der Waals surface area contributed by atoms with Gasteiger partial charge in [0.1, 0.15) is 5.75 Å². The Bertz CT molecular complexity index is 868. The lowest BCUT2D eigenvalue weighted by molar-refractivity contribution is 0.228. The molecule has 0 bridgehead atoms. The molecule has 2 heterocycles. The molecule has 0 spiro atoms. The smallest absolute Gasteiger partial charge is 0.233 e. The van der Waals surface area contributed by atoms with Gasteiger partial charge in [-0.1, -0.05) is 25.8 Å². The third-order valence-electron chi connectivity index (χ3n) is 5.81. The summed E-state index contributed by atoms with van der Waals surface area (Å²) in [5, 5.41) is 6.73. The Labute approximate surface area is 198 Å². The Morgan fingerprint density at radius 1 is 1.03 bits per heavy atom. The van der Waals surface area contributed by atoms with Crippen LogP contribution in [0.5, 0.6) is 5.75 Å². The summed E-state index contributed by atoms with van der Waals surface area (Å²) in [5.74, 6) is 2.61. The number of unbranched alkanes of at least 4 members (excludes halogenated alkanes) is 2. The molecular weight excluding hydrogens is 416 g/mol. The Hall–Kier alpha value is -2.65. The highest BCUT2D eigenvalue weighted by atomic mass is 16.5. The Morgan fingerprint density at radius 3 is 2.48 bits per heavy atom. The molecule has 0 aliphatic carbocycles. The SMILES string of the molecule is CCCCCNc1nc(Nc2ccc(C)cc2OC)nc(N2CCN(CCN(C)C)CC2)n1. The fourth-order valence-corrected chi connectivity index (χ4v) is 3.75. The van der Waals surface area contributed by atoms with E-state index in [1.165, 1.54) is 12.8 Å². The van der Waals surface area contributed by atoms with Gasteiger partial charge in [0.2, 0.25) is 17.8 Å². The molecule has 2 N–H and O–H groups in total. The predicted molar refractivity (Wildman–Crippen MR) is 136 cm³/mol. The minimum absolute atomic E-state index is 0.523. The van der Waals surface area contributed by atoms with Gasteiger partial charge in [-0.15, -0.1) is 0 Å². The van der Waals surface area contributed by atoms with Gasteiger partial charge in [0.25, 0.3) is 0 Å². The zero-order chi connectivity index (χ0) is 23.6. The van der Waals surface area contributed by atoms with Gasteiger partial charge in [0, 0.05) is 45.8 Å². The van der Waals surface area contributed by atoms with Crippen LogP contribution in [0.4, 0.5) is 23.5 Å². The number of benzene rings is 1. The number of rotatable bonds is 12. The van der Waals surface area contributed by atoms with E-state index in [0.717, 1.165) is 69.2 Å². The van der Waals surface area contributed by atoms with Gasteiger partial charge >= 0.3 is 0 Å². The number of ether oxygens (including phenoxy) is 1. The summed E-state index contributed by atoms with van der Waals surface area (Å²) in [6, 6.07) is 6.04.